The van der Waals surface area contributed by atoms with Crippen LogP contribution in [0.1, 0.15) is 12.5 Å². The summed E-state index contributed by atoms with van der Waals surface area (Å²) in [7, 11) is 1.64. The fourth-order valence-corrected chi connectivity index (χ4v) is 2.92. The first-order valence-corrected chi connectivity index (χ1v) is 7.82. The number of carbonyl (C=O) groups excluding carboxylic acids is 1. The lowest BCUT2D eigenvalue weighted by Gasteiger charge is -2.33. The highest BCUT2D eigenvalue weighted by Gasteiger charge is 2.27. The molecule has 0 N–H and O–H groups in total. The van der Waals surface area contributed by atoms with Gasteiger partial charge in [0, 0.05) is 12.6 Å². The van der Waals surface area contributed by atoms with E-state index >= 15 is 0 Å². The number of fused-ring (bicyclic) bond motifs is 1. The average Bonchev–Trinajstić information content (AvgIpc) is 2.59. The smallest absolute Gasteiger partial charge is 0.264 e. The van der Waals surface area contributed by atoms with Crippen molar-refractivity contribution in [3.63, 3.8) is 0 Å². The first-order valence-electron chi connectivity index (χ1n) is 7.82. The van der Waals surface area contributed by atoms with E-state index in [4.69, 9.17) is 9.47 Å². The van der Waals surface area contributed by atoms with Crippen LogP contribution in [0.25, 0.3) is 0 Å². The summed E-state index contributed by atoms with van der Waals surface area (Å²) in [6.45, 7) is 2.90. The van der Waals surface area contributed by atoms with Crippen LogP contribution in [-0.2, 0) is 11.2 Å². The lowest BCUT2D eigenvalue weighted by molar-refractivity contribution is -0.120. The molecule has 2 aromatic rings. The monoisotopic (exact) mass is 311 g/mol. The van der Waals surface area contributed by atoms with Gasteiger partial charge in [-0.05, 0) is 36.1 Å². The van der Waals surface area contributed by atoms with Crippen LogP contribution in [0, 0.1) is 5.92 Å². The van der Waals surface area contributed by atoms with Gasteiger partial charge in [0.05, 0.1) is 12.8 Å². The minimum atomic E-state index is -0.0325. The molecular weight excluding hydrogens is 290 g/mol. The third-order valence-corrected chi connectivity index (χ3v) is 4.05. The molecule has 1 aliphatic heterocycles. The highest BCUT2D eigenvalue weighted by Crippen LogP contribution is 2.33. The van der Waals surface area contributed by atoms with E-state index < -0.39 is 0 Å². The quantitative estimate of drug-likeness (QED) is 0.869. The Labute approximate surface area is 136 Å². The van der Waals surface area contributed by atoms with E-state index in [1.807, 2.05) is 53.4 Å². The van der Waals surface area contributed by atoms with E-state index in [9.17, 15) is 4.79 Å². The van der Waals surface area contributed by atoms with E-state index in [1.54, 1.807) is 7.11 Å². The SMILES string of the molecule is COc1ccc2c(c1)N(C(=O)COc1ccccc1)CC(C)C2. The van der Waals surface area contributed by atoms with E-state index in [-0.39, 0.29) is 12.5 Å². The third kappa shape index (κ3) is 3.47. The van der Waals surface area contributed by atoms with Crippen molar-refractivity contribution < 1.29 is 14.3 Å². The largest absolute Gasteiger partial charge is 0.497 e. The van der Waals surface area contributed by atoms with Crippen molar-refractivity contribution in [2.24, 2.45) is 5.92 Å². The number of hydrogen-bond acceptors (Lipinski definition) is 3. The van der Waals surface area contributed by atoms with Gasteiger partial charge in [0.2, 0.25) is 0 Å². The number of amides is 1. The number of anilines is 1. The topological polar surface area (TPSA) is 38.8 Å². The molecule has 1 aliphatic rings. The molecule has 120 valence electrons. The Balaban J connectivity index is 1.78. The number of ether oxygens (including phenoxy) is 2. The number of hydrogen-bond donors (Lipinski definition) is 0. The van der Waals surface area contributed by atoms with Gasteiger partial charge in [-0.25, -0.2) is 0 Å². The molecule has 1 amide bonds. The van der Waals surface area contributed by atoms with Crippen LogP contribution in [0.5, 0.6) is 11.5 Å². The van der Waals surface area contributed by atoms with Gasteiger partial charge in [0.15, 0.2) is 6.61 Å². The summed E-state index contributed by atoms with van der Waals surface area (Å²) < 4.78 is 10.9. The Hall–Kier alpha value is -2.49. The third-order valence-electron chi connectivity index (χ3n) is 4.05. The summed E-state index contributed by atoms with van der Waals surface area (Å²) in [5.74, 6) is 1.86. The van der Waals surface area contributed by atoms with Crippen molar-refractivity contribution in [2.45, 2.75) is 13.3 Å². The Bertz CT molecular complexity index is 684. The molecule has 2 aromatic carbocycles. The molecular formula is C19H21NO3. The summed E-state index contributed by atoms with van der Waals surface area (Å²) in [6, 6.07) is 15.3. The molecule has 0 bridgehead atoms. The van der Waals surface area contributed by atoms with E-state index in [0.29, 0.717) is 18.2 Å². The van der Waals surface area contributed by atoms with Crippen LogP contribution < -0.4 is 14.4 Å². The number of benzene rings is 2. The molecule has 4 nitrogen and oxygen atoms in total. The van der Waals surface area contributed by atoms with Gasteiger partial charge in [-0.2, -0.15) is 0 Å². The molecule has 0 saturated heterocycles. The number of methoxy groups -OCH3 is 1. The Morgan fingerprint density at radius 3 is 2.70 bits per heavy atom. The van der Waals surface area contributed by atoms with Gasteiger partial charge >= 0.3 is 0 Å². The van der Waals surface area contributed by atoms with E-state index in [2.05, 4.69) is 6.92 Å². The number of para-hydroxylation sites is 1. The van der Waals surface area contributed by atoms with Crippen molar-refractivity contribution in [3.8, 4) is 11.5 Å². The lowest BCUT2D eigenvalue weighted by atomic mass is 9.93. The van der Waals surface area contributed by atoms with Crippen LogP contribution >= 0.6 is 0 Å². The second-order valence-electron chi connectivity index (χ2n) is 5.91. The fraction of sp³-hybridized carbons (Fsp3) is 0.316. The second kappa shape index (κ2) is 6.73. The molecule has 0 spiro atoms. The van der Waals surface area contributed by atoms with E-state index in [0.717, 1.165) is 17.9 Å². The first-order chi connectivity index (χ1) is 11.2. The van der Waals surface area contributed by atoms with Crippen molar-refractivity contribution in [2.75, 3.05) is 25.2 Å². The lowest BCUT2D eigenvalue weighted by Crippen LogP contribution is -2.41. The maximum absolute atomic E-state index is 12.6. The summed E-state index contributed by atoms with van der Waals surface area (Å²) in [5, 5.41) is 0. The van der Waals surface area contributed by atoms with Crippen LogP contribution in [-0.4, -0.2) is 26.2 Å². The number of nitrogens with zero attached hydrogens (tertiary/aromatic N) is 1. The zero-order chi connectivity index (χ0) is 16.2. The van der Waals surface area contributed by atoms with Crippen molar-refractivity contribution in [1.82, 2.24) is 0 Å². The van der Waals surface area contributed by atoms with Gasteiger partial charge in [0.1, 0.15) is 11.5 Å². The van der Waals surface area contributed by atoms with Gasteiger partial charge < -0.3 is 14.4 Å². The Kier molecular flexibility index (Phi) is 4.51. The van der Waals surface area contributed by atoms with Crippen LogP contribution in [0.2, 0.25) is 0 Å². The second-order valence-corrected chi connectivity index (χ2v) is 5.91. The molecule has 1 atom stereocenters. The molecule has 23 heavy (non-hydrogen) atoms. The average molecular weight is 311 g/mol. The molecule has 4 heteroatoms. The molecule has 0 fully saturated rings. The minimum absolute atomic E-state index is 0.0325. The van der Waals surface area contributed by atoms with Gasteiger partial charge in [0.25, 0.3) is 5.91 Å². The Morgan fingerprint density at radius 2 is 1.96 bits per heavy atom. The molecule has 0 aromatic heterocycles. The van der Waals surface area contributed by atoms with Crippen molar-refractivity contribution in [3.05, 3.63) is 54.1 Å². The molecule has 0 saturated carbocycles. The van der Waals surface area contributed by atoms with E-state index in [1.165, 1.54) is 5.56 Å². The summed E-state index contributed by atoms with van der Waals surface area (Å²) >= 11 is 0. The minimum Gasteiger partial charge on any atom is -0.497 e. The number of carbonyl (C=O) groups is 1. The fourth-order valence-electron chi connectivity index (χ4n) is 2.92. The van der Waals surface area contributed by atoms with Crippen molar-refractivity contribution in [1.29, 1.82) is 0 Å². The summed E-state index contributed by atoms with van der Waals surface area (Å²) in [6.07, 6.45) is 0.975. The summed E-state index contributed by atoms with van der Waals surface area (Å²) in [5.41, 5.74) is 2.11. The zero-order valence-corrected chi connectivity index (χ0v) is 13.5. The highest BCUT2D eigenvalue weighted by molar-refractivity contribution is 5.96. The molecule has 3 rings (SSSR count). The van der Waals surface area contributed by atoms with Gasteiger partial charge in [-0.1, -0.05) is 31.2 Å². The molecule has 0 radical (unpaired) electrons. The van der Waals surface area contributed by atoms with Crippen LogP contribution in [0.15, 0.2) is 48.5 Å². The maximum atomic E-state index is 12.6. The zero-order valence-electron chi connectivity index (χ0n) is 13.5. The molecule has 1 heterocycles. The summed E-state index contributed by atoms with van der Waals surface area (Å²) in [4.78, 5) is 14.5. The number of rotatable bonds is 4. The first kappa shape index (κ1) is 15.4. The Morgan fingerprint density at radius 1 is 1.17 bits per heavy atom. The van der Waals surface area contributed by atoms with Crippen molar-refractivity contribution >= 4 is 11.6 Å². The molecule has 1 unspecified atom stereocenters. The standard InChI is InChI=1S/C19H21NO3/c1-14-10-15-8-9-17(22-2)11-18(15)20(12-14)19(21)13-23-16-6-4-3-5-7-16/h3-9,11,14H,10,12-13H2,1-2H3. The maximum Gasteiger partial charge on any atom is 0.264 e. The van der Waals surface area contributed by atoms with Crippen LogP contribution in [0.3, 0.4) is 0 Å². The highest BCUT2D eigenvalue weighted by atomic mass is 16.5. The molecule has 0 aliphatic carbocycles. The van der Waals surface area contributed by atoms with Crippen LogP contribution in [0.4, 0.5) is 5.69 Å². The normalized spacial score (nSPS) is 16.6. The van der Waals surface area contributed by atoms with Gasteiger partial charge in [-0.15, -0.1) is 0 Å². The predicted molar refractivity (Wildman–Crippen MR) is 90.2 cm³/mol. The predicted octanol–water partition coefficient (Wildman–Crippen LogP) is 3.30. The van der Waals surface area contributed by atoms with Gasteiger partial charge in [-0.3, -0.25) is 4.79 Å².